The summed E-state index contributed by atoms with van der Waals surface area (Å²) < 4.78 is 18.7. The van der Waals surface area contributed by atoms with E-state index < -0.39 is 11.7 Å². The predicted octanol–water partition coefficient (Wildman–Crippen LogP) is 4.50. The quantitative estimate of drug-likeness (QED) is 0.378. The third-order valence-corrected chi connectivity index (χ3v) is 4.39. The average molecular weight is 387 g/mol. The molecule has 0 saturated heterocycles. The maximum atomic E-state index is 13.5. The number of ether oxygens (including phenoxy) is 1. The molecular weight excluding hydrogens is 369 g/mol. The smallest absolute Gasteiger partial charge is 0.277 e. The second-order valence-electron chi connectivity index (χ2n) is 6.34. The molecule has 0 radical (unpaired) electrons. The van der Waals surface area contributed by atoms with Crippen molar-refractivity contribution in [2.24, 2.45) is 5.10 Å². The number of fused-ring (bicyclic) bond motifs is 1. The van der Waals surface area contributed by atoms with Crippen LogP contribution in [0.1, 0.15) is 5.56 Å². The van der Waals surface area contributed by atoms with E-state index in [1.54, 1.807) is 18.3 Å². The summed E-state index contributed by atoms with van der Waals surface area (Å²) in [6.45, 7) is -0.336. The molecule has 0 aliphatic rings. The summed E-state index contributed by atoms with van der Waals surface area (Å²) in [5.41, 5.74) is 6.18. The van der Waals surface area contributed by atoms with Gasteiger partial charge >= 0.3 is 0 Å². The third kappa shape index (κ3) is 4.16. The highest BCUT2D eigenvalue weighted by Gasteiger charge is 2.11. The van der Waals surface area contributed by atoms with Crippen LogP contribution in [0.5, 0.6) is 5.75 Å². The number of aromatic amines is 1. The van der Waals surface area contributed by atoms with Gasteiger partial charge < -0.3 is 9.72 Å². The normalized spacial score (nSPS) is 11.1. The molecule has 0 bridgehead atoms. The number of aromatic nitrogens is 1. The zero-order valence-corrected chi connectivity index (χ0v) is 15.4. The molecule has 4 rings (SSSR count). The summed E-state index contributed by atoms with van der Waals surface area (Å²) in [4.78, 5) is 15.4. The Bertz CT molecular complexity index is 1170. The van der Waals surface area contributed by atoms with Crippen molar-refractivity contribution < 1.29 is 13.9 Å². The van der Waals surface area contributed by atoms with Gasteiger partial charge in [-0.1, -0.05) is 60.7 Å². The molecule has 1 heterocycles. The fourth-order valence-electron chi connectivity index (χ4n) is 3.04. The van der Waals surface area contributed by atoms with Gasteiger partial charge in [-0.3, -0.25) is 4.79 Å². The van der Waals surface area contributed by atoms with Gasteiger partial charge in [0.25, 0.3) is 5.91 Å². The van der Waals surface area contributed by atoms with Crippen molar-refractivity contribution in [1.29, 1.82) is 0 Å². The van der Waals surface area contributed by atoms with Crippen molar-refractivity contribution in [2.75, 3.05) is 6.61 Å². The molecule has 3 aromatic carbocycles. The first-order chi connectivity index (χ1) is 14.2. The van der Waals surface area contributed by atoms with Crippen molar-refractivity contribution in [3.63, 3.8) is 0 Å². The van der Waals surface area contributed by atoms with Crippen LogP contribution in [0.2, 0.25) is 0 Å². The minimum absolute atomic E-state index is 0.0228. The van der Waals surface area contributed by atoms with Gasteiger partial charge in [0.15, 0.2) is 18.2 Å². The number of benzene rings is 3. The molecule has 144 valence electrons. The van der Waals surface area contributed by atoms with Gasteiger partial charge in [0.05, 0.1) is 11.9 Å². The van der Waals surface area contributed by atoms with Crippen molar-refractivity contribution in [2.45, 2.75) is 0 Å². The molecule has 0 saturated carbocycles. The van der Waals surface area contributed by atoms with Crippen LogP contribution in [0.4, 0.5) is 4.39 Å². The summed E-state index contributed by atoms with van der Waals surface area (Å²) in [5, 5.41) is 5.06. The second-order valence-corrected chi connectivity index (χ2v) is 6.34. The molecule has 0 aliphatic carbocycles. The van der Waals surface area contributed by atoms with Crippen molar-refractivity contribution in [3.8, 4) is 17.0 Å². The van der Waals surface area contributed by atoms with E-state index in [1.165, 1.54) is 12.1 Å². The van der Waals surface area contributed by atoms with Gasteiger partial charge in [-0.2, -0.15) is 5.10 Å². The monoisotopic (exact) mass is 387 g/mol. The molecule has 5 nitrogen and oxygen atoms in total. The summed E-state index contributed by atoms with van der Waals surface area (Å²) in [6, 6.07) is 23.7. The molecule has 0 unspecified atom stereocenters. The lowest BCUT2D eigenvalue weighted by molar-refractivity contribution is -0.123. The van der Waals surface area contributed by atoms with E-state index in [0.717, 1.165) is 27.7 Å². The largest absolute Gasteiger partial charge is 0.481 e. The zero-order chi connectivity index (χ0) is 20.1. The van der Waals surface area contributed by atoms with Gasteiger partial charge in [0, 0.05) is 16.5 Å². The van der Waals surface area contributed by atoms with Crippen molar-refractivity contribution in [1.82, 2.24) is 10.4 Å². The molecule has 0 spiro atoms. The molecule has 0 aliphatic heterocycles. The number of nitrogens with zero attached hydrogens (tertiary/aromatic N) is 1. The lowest BCUT2D eigenvalue weighted by atomic mass is 10.1. The minimum Gasteiger partial charge on any atom is -0.481 e. The molecule has 0 atom stereocenters. The number of amides is 1. The highest BCUT2D eigenvalue weighted by atomic mass is 19.1. The van der Waals surface area contributed by atoms with Gasteiger partial charge in [-0.05, 0) is 23.8 Å². The van der Waals surface area contributed by atoms with Crippen LogP contribution in [-0.2, 0) is 4.79 Å². The Morgan fingerprint density at radius 3 is 2.55 bits per heavy atom. The Morgan fingerprint density at radius 2 is 1.72 bits per heavy atom. The second kappa shape index (κ2) is 8.39. The topological polar surface area (TPSA) is 66.5 Å². The van der Waals surface area contributed by atoms with E-state index >= 15 is 0 Å². The first-order valence-corrected chi connectivity index (χ1v) is 9.08. The van der Waals surface area contributed by atoms with E-state index in [2.05, 4.69) is 15.5 Å². The number of rotatable bonds is 6. The number of nitrogens with one attached hydrogen (secondary N) is 2. The van der Waals surface area contributed by atoms with Crippen LogP contribution in [-0.4, -0.2) is 23.7 Å². The highest BCUT2D eigenvalue weighted by molar-refractivity contribution is 6.06. The zero-order valence-electron chi connectivity index (χ0n) is 15.4. The van der Waals surface area contributed by atoms with Crippen LogP contribution in [0.25, 0.3) is 22.2 Å². The standard InChI is InChI=1S/C23H18FN3O2/c24-19-11-5-7-13-21(19)29-15-22(28)27-25-14-18-17-10-4-6-12-20(17)26-23(18)16-8-2-1-3-9-16/h1-14,26H,15H2,(H,27,28)/b25-14+. The molecule has 6 heteroatoms. The van der Waals surface area contributed by atoms with E-state index in [0.29, 0.717) is 0 Å². The third-order valence-electron chi connectivity index (χ3n) is 4.39. The Kier molecular flexibility index (Phi) is 5.33. The van der Waals surface area contributed by atoms with Crippen LogP contribution in [0.15, 0.2) is 84.0 Å². The molecular formula is C23H18FN3O2. The Labute approximate surface area is 166 Å². The summed E-state index contributed by atoms with van der Waals surface area (Å²) in [7, 11) is 0. The van der Waals surface area contributed by atoms with Gasteiger partial charge in [-0.25, -0.2) is 9.82 Å². The molecule has 29 heavy (non-hydrogen) atoms. The van der Waals surface area contributed by atoms with Crippen molar-refractivity contribution in [3.05, 3.63) is 90.2 Å². The molecule has 4 aromatic rings. The summed E-state index contributed by atoms with van der Waals surface area (Å²) in [6.07, 6.45) is 1.60. The van der Waals surface area contributed by atoms with E-state index in [1.807, 2.05) is 54.6 Å². The summed E-state index contributed by atoms with van der Waals surface area (Å²) >= 11 is 0. The highest BCUT2D eigenvalue weighted by Crippen LogP contribution is 2.28. The average Bonchev–Trinajstić information content (AvgIpc) is 3.12. The molecule has 0 fully saturated rings. The fourth-order valence-corrected chi connectivity index (χ4v) is 3.04. The van der Waals surface area contributed by atoms with Crippen LogP contribution in [0.3, 0.4) is 0 Å². The molecule has 1 aromatic heterocycles. The predicted molar refractivity (Wildman–Crippen MR) is 111 cm³/mol. The Morgan fingerprint density at radius 1 is 1.00 bits per heavy atom. The van der Waals surface area contributed by atoms with E-state index in [4.69, 9.17) is 4.74 Å². The van der Waals surface area contributed by atoms with Crippen LogP contribution in [0, 0.1) is 5.82 Å². The number of hydrogen-bond acceptors (Lipinski definition) is 3. The number of para-hydroxylation sites is 2. The summed E-state index contributed by atoms with van der Waals surface area (Å²) in [5.74, 6) is -0.977. The molecule has 2 N–H and O–H groups in total. The number of halogens is 1. The Hall–Kier alpha value is -3.93. The number of H-pyrrole nitrogens is 1. The van der Waals surface area contributed by atoms with Gasteiger partial charge in [0.2, 0.25) is 0 Å². The van der Waals surface area contributed by atoms with Crippen LogP contribution < -0.4 is 10.2 Å². The van der Waals surface area contributed by atoms with Crippen molar-refractivity contribution >= 4 is 23.0 Å². The maximum absolute atomic E-state index is 13.5. The number of hydrogen-bond donors (Lipinski definition) is 2. The minimum atomic E-state index is -0.518. The fraction of sp³-hybridized carbons (Fsp3) is 0.0435. The van der Waals surface area contributed by atoms with E-state index in [-0.39, 0.29) is 12.4 Å². The number of carbonyl (C=O) groups excluding carboxylic acids is 1. The lowest BCUT2D eigenvalue weighted by Crippen LogP contribution is -2.24. The van der Waals surface area contributed by atoms with Crippen LogP contribution >= 0.6 is 0 Å². The Balaban J connectivity index is 1.51. The lowest BCUT2D eigenvalue weighted by Gasteiger charge is -2.05. The maximum Gasteiger partial charge on any atom is 0.277 e. The number of hydrazone groups is 1. The van der Waals surface area contributed by atoms with Gasteiger partial charge in [-0.15, -0.1) is 0 Å². The SMILES string of the molecule is O=C(COc1ccccc1F)N/N=C/c1c(-c2ccccc2)[nH]c2ccccc12. The first kappa shape index (κ1) is 18.4. The first-order valence-electron chi connectivity index (χ1n) is 9.08. The number of carbonyl (C=O) groups is 1. The van der Waals surface area contributed by atoms with E-state index in [9.17, 15) is 9.18 Å². The van der Waals surface area contributed by atoms with Gasteiger partial charge in [0.1, 0.15) is 0 Å². The molecule has 1 amide bonds.